The smallest absolute Gasteiger partial charge is 0.257 e. The van der Waals surface area contributed by atoms with Crippen molar-refractivity contribution in [2.24, 2.45) is 5.92 Å². The van der Waals surface area contributed by atoms with E-state index in [1.807, 2.05) is 30.3 Å². The number of hydrogen-bond acceptors (Lipinski definition) is 6. The van der Waals surface area contributed by atoms with Gasteiger partial charge in [0.2, 0.25) is 0 Å². The van der Waals surface area contributed by atoms with Crippen LogP contribution in [0.5, 0.6) is 11.6 Å². The Morgan fingerprint density at radius 3 is 3.07 bits per heavy atom. The minimum absolute atomic E-state index is 0.101. The van der Waals surface area contributed by atoms with Gasteiger partial charge < -0.3 is 19.7 Å². The van der Waals surface area contributed by atoms with Crippen molar-refractivity contribution in [2.75, 3.05) is 31.6 Å². The van der Waals surface area contributed by atoms with Crippen LogP contribution in [0.3, 0.4) is 0 Å². The van der Waals surface area contributed by atoms with E-state index in [1.165, 1.54) is 0 Å². The first-order chi connectivity index (χ1) is 14.2. The maximum absolute atomic E-state index is 12.7. The molecule has 1 atom stereocenters. The van der Waals surface area contributed by atoms with Crippen LogP contribution in [0.25, 0.3) is 6.08 Å². The Bertz CT molecular complexity index is 941. The summed E-state index contributed by atoms with van der Waals surface area (Å²) in [7, 11) is 1.60. The third-order valence-electron chi connectivity index (χ3n) is 5.14. The average molecular weight is 392 g/mol. The Labute approximate surface area is 170 Å². The van der Waals surface area contributed by atoms with E-state index >= 15 is 0 Å². The highest BCUT2D eigenvalue weighted by Gasteiger charge is 2.24. The first kappa shape index (κ1) is 19.0. The first-order valence-corrected chi connectivity index (χ1v) is 9.76. The third kappa shape index (κ3) is 4.39. The quantitative estimate of drug-likeness (QED) is 0.843. The van der Waals surface area contributed by atoms with Crippen LogP contribution in [0.15, 0.2) is 54.6 Å². The summed E-state index contributed by atoms with van der Waals surface area (Å²) in [5.74, 6) is 2.26. The highest BCUT2D eigenvalue weighted by Crippen LogP contribution is 2.27. The Hall–Kier alpha value is -3.35. The van der Waals surface area contributed by atoms with E-state index in [1.54, 1.807) is 31.8 Å². The number of aromatic nitrogens is 2. The molecule has 0 saturated carbocycles. The average Bonchev–Trinajstić information content (AvgIpc) is 3.00. The molecule has 150 valence electrons. The number of benzene rings is 1. The number of carbonyl (C=O) groups excluding carboxylic acids is 1. The lowest BCUT2D eigenvalue weighted by Crippen LogP contribution is -2.41. The predicted octanol–water partition coefficient (Wildman–Crippen LogP) is 2.81. The first-order valence-electron chi connectivity index (χ1n) is 9.76. The summed E-state index contributed by atoms with van der Waals surface area (Å²) in [6.07, 6.45) is 10.5. The zero-order valence-corrected chi connectivity index (χ0v) is 16.4. The van der Waals surface area contributed by atoms with Crippen molar-refractivity contribution in [2.45, 2.75) is 12.8 Å². The fourth-order valence-corrected chi connectivity index (χ4v) is 3.69. The van der Waals surface area contributed by atoms with Crippen molar-refractivity contribution in [1.29, 1.82) is 0 Å². The van der Waals surface area contributed by atoms with E-state index in [9.17, 15) is 4.79 Å². The predicted molar refractivity (Wildman–Crippen MR) is 111 cm³/mol. The number of amides is 1. The zero-order chi connectivity index (χ0) is 20.1. The van der Waals surface area contributed by atoms with Crippen molar-refractivity contribution in [1.82, 2.24) is 15.3 Å². The number of hydrogen-bond donors (Lipinski definition) is 1. The summed E-state index contributed by atoms with van der Waals surface area (Å²) in [4.78, 5) is 23.6. The normalized spacial score (nSPS) is 18.2. The van der Waals surface area contributed by atoms with Crippen LogP contribution in [0.2, 0.25) is 0 Å². The molecule has 29 heavy (non-hydrogen) atoms. The van der Waals surface area contributed by atoms with Gasteiger partial charge in [0.25, 0.3) is 11.8 Å². The fraction of sp³-hybridized carbons (Fsp3) is 0.318. The van der Waals surface area contributed by atoms with Gasteiger partial charge in [0.05, 0.1) is 13.4 Å². The molecule has 0 spiro atoms. The molecule has 1 N–H and O–H groups in total. The summed E-state index contributed by atoms with van der Waals surface area (Å²) in [5.41, 5.74) is 1.47. The Balaban J connectivity index is 1.39. The van der Waals surface area contributed by atoms with E-state index in [4.69, 9.17) is 9.47 Å². The van der Waals surface area contributed by atoms with Gasteiger partial charge in [0.1, 0.15) is 5.75 Å². The molecule has 0 radical (unpaired) electrons. The lowest BCUT2D eigenvalue weighted by Gasteiger charge is -2.33. The molecule has 1 aromatic heterocycles. The number of nitrogens with zero attached hydrogens (tertiary/aromatic N) is 3. The molecule has 4 rings (SSSR count). The van der Waals surface area contributed by atoms with Crippen molar-refractivity contribution < 1.29 is 14.3 Å². The standard InChI is InChI=1S/C22H24N4O3/c1-28-22-20(23-9-10-24-22)26-11-4-5-16(15-26)14-25-21(27)18-8-12-29-19-7-3-2-6-17(19)13-18/h2-3,6-10,12-13,16H,4-5,11,14-15H2,1H3,(H,25,27). The number of rotatable bonds is 5. The summed E-state index contributed by atoms with van der Waals surface area (Å²) in [5, 5.41) is 3.07. The summed E-state index contributed by atoms with van der Waals surface area (Å²) in [6.45, 7) is 2.31. The number of fused-ring (bicyclic) bond motifs is 1. The monoisotopic (exact) mass is 392 g/mol. The second-order valence-electron chi connectivity index (χ2n) is 7.11. The van der Waals surface area contributed by atoms with Gasteiger partial charge in [-0.05, 0) is 37.0 Å². The number of piperidine rings is 1. The highest BCUT2D eigenvalue weighted by atomic mass is 16.5. The van der Waals surface area contributed by atoms with Gasteiger partial charge in [0, 0.05) is 43.2 Å². The second-order valence-corrected chi connectivity index (χ2v) is 7.11. The van der Waals surface area contributed by atoms with Crippen molar-refractivity contribution >= 4 is 17.8 Å². The number of para-hydroxylation sites is 1. The molecular formula is C22H24N4O3. The topological polar surface area (TPSA) is 76.6 Å². The van der Waals surface area contributed by atoms with Crippen molar-refractivity contribution in [3.63, 3.8) is 0 Å². The van der Waals surface area contributed by atoms with Gasteiger partial charge in [-0.3, -0.25) is 4.79 Å². The Morgan fingerprint density at radius 2 is 2.17 bits per heavy atom. The lowest BCUT2D eigenvalue weighted by atomic mass is 9.97. The molecule has 2 aliphatic rings. The number of nitrogens with one attached hydrogen (secondary N) is 1. The summed E-state index contributed by atoms with van der Waals surface area (Å²) in [6, 6.07) is 7.65. The maximum Gasteiger partial charge on any atom is 0.257 e. The highest BCUT2D eigenvalue weighted by molar-refractivity contribution is 6.01. The largest absolute Gasteiger partial charge is 0.478 e. The molecule has 7 heteroatoms. The van der Waals surface area contributed by atoms with Gasteiger partial charge in [0.15, 0.2) is 5.82 Å². The minimum atomic E-state index is -0.101. The molecule has 1 unspecified atom stereocenters. The second kappa shape index (κ2) is 8.77. The Kier molecular flexibility index (Phi) is 5.74. The van der Waals surface area contributed by atoms with E-state index in [2.05, 4.69) is 20.2 Å². The fourth-order valence-electron chi connectivity index (χ4n) is 3.69. The number of anilines is 1. The molecule has 2 aliphatic heterocycles. The summed E-state index contributed by atoms with van der Waals surface area (Å²) >= 11 is 0. The number of carbonyl (C=O) groups is 1. The molecule has 7 nitrogen and oxygen atoms in total. The summed E-state index contributed by atoms with van der Waals surface area (Å²) < 4.78 is 10.9. The van der Waals surface area contributed by atoms with Crippen LogP contribution in [0, 0.1) is 5.92 Å². The molecule has 3 heterocycles. The number of ether oxygens (including phenoxy) is 2. The SMILES string of the molecule is COc1nccnc1N1CCCC(CNC(=O)C2=Cc3ccccc3OC=C2)C1. The Morgan fingerprint density at radius 1 is 1.31 bits per heavy atom. The molecule has 1 saturated heterocycles. The molecular weight excluding hydrogens is 368 g/mol. The molecule has 0 bridgehead atoms. The maximum atomic E-state index is 12.7. The van der Waals surface area contributed by atoms with E-state index < -0.39 is 0 Å². The van der Waals surface area contributed by atoms with Crippen LogP contribution < -0.4 is 19.7 Å². The van der Waals surface area contributed by atoms with Crippen LogP contribution in [0.1, 0.15) is 18.4 Å². The van der Waals surface area contributed by atoms with Crippen LogP contribution in [-0.4, -0.2) is 42.6 Å². The van der Waals surface area contributed by atoms with Crippen LogP contribution >= 0.6 is 0 Å². The van der Waals surface area contributed by atoms with Gasteiger partial charge in [-0.2, -0.15) is 0 Å². The molecule has 1 fully saturated rings. The number of methoxy groups -OCH3 is 1. The van der Waals surface area contributed by atoms with E-state index in [0.29, 0.717) is 23.9 Å². The van der Waals surface area contributed by atoms with Crippen LogP contribution in [-0.2, 0) is 4.79 Å². The molecule has 1 aromatic carbocycles. The van der Waals surface area contributed by atoms with Crippen molar-refractivity contribution in [3.05, 3.63) is 60.1 Å². The van der Waals surface area contributed by atoms with Gasteiger partial charge in [-0.15, -0.1) is 0 Å². The van der Waals surface area contributed by atoms with Crippen molar-refractivity contribution in [3.8, 4) is 11.6 Å². The van der Waals surface area contributed by atoms with Gasteiger partial charge in [-0.25, -0.2) is 9.97 Å². The minimum Gasteiger partial charge on any atom is -0.478 e. The molecule has 1 amide bonds. The van der Waals surface area contributed by atoms with Gasteiger partial charge in [-0.1, -0.05) is 18.2 Å². The molecule has 2 aromatic rings. The van der Waals surface area contributed by atoms with Gasteiger partial charge >= 0.3 is 0 Å². The van der Waals surface area contributed by atoms with E-state index in [0.717, 1.165) is 43.1 Å². The molecule has 0 aliphatic carbocycles. The third-order valence-corrected chi connectivity index (χ3v) is 5.14. The lowest BCUT2D eigenvalue weighted by molar-refractivity contribution is -0.117. The zero-order valence-electron chi connectivity index (χ0n) is 16.4. The van der Waals surface area contributed by atoms with Crippen LogP contribution in [0.4, 0.5) is 5.82 Å². The van der Waals surface area contributed by atoms with E-state index in [-0.39, 0.29) is 5.91 Å².